The summed E-state index contributed by atoms with van der Waals surface area (Å²) in [7, 11) is 0. The molecular formula is C11H18O. The number of rotatable bonds is 0. The number of ether oxygens (including phenoxy) is 1. The summed E-state index contributed by atoms with van der Waals surface area (Å²) in [6, 6.07) is 0. The van der Waals surface area contributed by atoms with E-state index in [2.05, 4.69) is 12.2 Å². The van der Waals surface area contributed by atoms with Gasteiger partial charge in [-0.2, -0.15) is 0 Å². The van der Waals surface area contributed by atoms with E-state index in [-0.39, 0.29) is 0 Å². The van der Waals surface area contributed by atoms with Crippen molar-refractivity contribution in [3.05, 3.63) is 23.5 Å². The zero-order chi connectivity index (χ0) is 8.81. The van der Waals surface area contributed by atoms with Gasteiger partial charge in [-0.15, -0.1) is 0 Å². The van der Waals surface area contributed by atoms with Gasteiger partial charge in [0.1, 0.15) is 5.76 Å². The van der Waals surface area contributed by atoms with Crippen LogP contribution < -0.4 is 0 Å². The Hall–Kier alpha value is -0.720. The molecule has 2 rings (SSSR count). The van der Waals surface area contributed by atoms with Gasteiger partial charge in [0.25, 0.3) is 0 Å². The molecule has 0 aromatic heterocycles. The Bertz CT molecular complexity index is 189. The topological polar surface area (TPSA) is 9.23 Å². The monoisotopic (exact) mass is 166 g/mol. The van der Waals surface area contributed by atoms with Crippen LogP contribution in [-0.2, 0) is 4.74 Å². The van der Waals surface area contributed by atoms with Crippen LogP contribution in [0.15, 0.2) is 23.5 Å². The summed E-state index contributed by atoms with van der Waals surface area (Å²) in [4.78, 5) is 0. The summed E-state index contributed by atoms with van der Waals surface area (Å²) in [5.74, 6) is 1.16. The quantitative estimate of drug-likeness (QED) is 0.535. The molecule has 0 aromatic carbocycles. The minimum absolute atomic E-state index is 0.920. The molecule has 2 aliphatic rings. The first-order chi connectivity index (χ1) is 5.97. The summed E-state index contributed by atoms with van der Waals surface area (Å²) < 4.78 is 5.47. The highest BCUT2D eigenvalue weighted by atomic mass is 16.5. The Morgan fingerprint density at radius 2 is 2.08 bits per heavy atom. The summed E-state index contributed by atoms with van der Waals surface area (Å²) in [6.07, 6.45) is 9.24. The van der Waals surface area contributed by atoms with Gasteiger partial charge in [0.2, 0.25) is 0 Å². The van der Waals surface area contributed by atoms with Crippen LogP contribution in [0.25, 0.3) is 0 Å². The summed E-state index contributed by atoms with van der Waals surface area (Å²) >= 11 is 0. The van der Waals surface area contributed by atoms with Crippen molar-refractivity contribution in [3.63, 3.8) is 0 Å². The molecule has 68 valence electrons. The van der Waals surface area contributed by atoms with Crippen LogP contribution in [-0.4, -0.2) is 6.61 Å². The highest BCUT2D eigenvalue weighted by molar-refractivity contribution is 5.25. The van der Waals surface area contributed by atoms with Crippen molar-refractivity contribution in [2.45, 2.75) is 39.5 Å². The first-order valence-corrected chi connectivity index (χ1v) is 4.98. The minimum atomic E-state index is 0.920. The lowest BCUT2D eigenvalue weighted by molar-refractivity contribution is 0.196. The van der Waals surface area contributed by atoms with Crippen molar-refractivity contribution in [2.75, 3.05) is 6.61 Å². The Morgan fingerprint density at radius 3 is 2.83 bits per heavy atom. The number of allylic oxidation sites excluding steroid dienone is 3. The van der Waals surface area contributed by atoms with Crippen LogP contribution in [0.4, 0.5) is 0 Å². The van der Waals surface area contributed by atoms with Crippen molar-refractivity contribution in [2.24, 2.45) is 0 Å². The Labute approximate surface area is 75.1 Å². The van der Waals surface area contributed by atoms with Gasteiger partial charge in [-0.1, -0.05) is 19.9 Å². The molecule has 0 bridgehead atoms. The van der Waals surface area contributed by atoms with E-state index in [1.165, 1.54) is 31.3 Å². The smallest absolute Gasteiger partial charge is 0.118 e. The van der Waals surface area contributed by atoms with Crippen molar-refractivity contribution in [3.8, 4) is 0 Å². The lowest BCUT2D eigenvalue weighted by Gasteiger charge is -2.21. The maximum absolute atomic E-state index is 5.47. The largest absolute Gasteiger partial charge is 0.494 e. The van der Waals surface area contributed by atoms with Crippen LogP contribution >= 0.6 is 0 Å². The molecule has 0 radical (unpaired) electrons. The molecule has 0 spiro atoms. The van der Waals surface area contributed by atoms with E-state index in [0.717, 1.165) is 12.4 Å². The third kappa shape index (κ3) is 2.13. The van der Waals surface area contributed by atoms with E-state index in [4.69, 9.17) is 4.74 Å². The van der Waals surface area contributed by atoms with Crippen molar-refractivity contribution in [1.82, 2.24) is 0 Å². The highest BCUT2D eigenvalue weighted by Crippen LogP contribution is 2.27. The Kier molecular flexibility index (Phi) is 3.92. The standard InChI is InChI=1S/C9H12O.C2H6/c1-2-6-9-8(4-1)5-3-7-10-9;1-2/h2,6H,1,3-5,7H2;1-2H3. The predicted molar refractivity (Wildman–Crippen MR) is 51.9 cm³/mol. The minimum Gasteiger partial charge on any atom is -0.494 e. The van der Waals surface area contributed by atoms with E-state index in [9.17, 15) is 0 Å². The average Bonchev–Trinajstić information content (AvgIpc) is 2.21. The van der Waals surface area contributed by atoms with E-state index >= 15 is 0 Å². The van der Waals surface area contributed by atoms with Crippen LogP contribution in [0.5, 0.6) is 0 Å². The van der Waals surface area contributed by atoms with Gasteiger partial charge in [0.05, 0.1) is 6.61 Å². The second kappa shape index (κ2) is 5.02. The molecule has 1 nitrogen and oxygen atoms in total. The van der Waals surface area contributed by atoms with Crippen LogP contribution in [0.2, 0.25) is 0 Å². The fourth-order valence-electron chi connectivity index (χ4n) is 1.56. The first-order valence-electron chi connectivity index (χ1n) is 4.98. The van der Waals surface area contributed by atoms with Crippen molar-refractivity contribution < 1.29 is 4.74 Å². The molecule has 0 fully saturated rings. The Balaban J connectivity index is 0.000000336. The zero-order valence-corrected chi connectivity index (χ0v) is 8.10. The molecule has 0 atom stereocenters. The van der Waals surface area contributed by atoms with E-state index in [1.807, 2.05) is 13.8 Å². The SMILES string of the molecule is C1=CC2=C(CC1)CCCO2.CC. The fraction of sp³-hybridized carbons (Fsp3) is 0.636. The van der Waals surface area contributed by atoms with Gasteiger partial charge < -0.3 is 4.74 Å². The van der Waals surface area contributed by atoms with E-state index in [1.54, 1.807) is 0 Å². The normalized spacial score (nSPS) is 20.5. The molecule has 0 amide bonds. The first kappa shape index (κ1) is 9.37. The molecule has 0 saturated carbocycles. The molecule has 0 saturated heterocycles. The van der Waals surface area contributed by atoms with Gasteiger partial charge in [0.15, 0.2) is 0 Å². The third-order valence-corrected chi connectivity index (χ3v) is 2.11. The van der Waals surface area contributed by atoms with Gasteiger partial charge >= 0.3 is 0 Å². The fourth-order valence-corrected chi connectivity index (χ4v) is 1.56. The maximum atomic E-state index is 5.47. The highest BCUT2D eigenvalue weighted by Gasteiger charge is 2.12. The summed E-state index contributed by atoms with van der Waals surface area (Å²) in [5.41, 5.74) is 1.54. The summed E-state index contributed by atoms with van der Waals surface area (Å²) in [5, 5.41) is 0. The zero-order valence-electron chi connectivity index (χ0n) is 8.10. The van der Waals surface area contributed by atoms with Crippen LogP contribution in [0, 0.1) is 0 Å². The summed E-state index contributed by atoms with van der Waals surface area (Å²) in [6.45, 7) is 4.92. The van der Waals surface area contributed by atoms with E-state index < -0.39 is 0 Å². The lowest BCUT2D eigenvalue weighted by atomic mass is 9.98. The molecule has 1 aliphatic carbocycles. The van der Waals surface area contributed by atoms with Gasteiger partial charge in [-0.05, 0) is 37.3 Å². The molecule has 1 heteroatoms. The predicted octanol–water partition coefficient (Wildman–Crippen LogP) is 3.43. The van der Waals surface area contributed by atoms with Gasteiger partial charge in [-0.3, -0.25) is 0 Å². The van der Waals surface area contributed by atoms with Crippen molar-refractivity contribution >= 4 is 0 Å². The molecule has 0 N–H and O–H groups in total. The molecule has 1 heterocycles. The lowest BCUT2D eigenvalue weighted by Crippen LogP contribution is -2.07. The molecule has 0 unspecified atom stereocenters. The molecule has 12 heavy (non-hydrogen) atoms. The van der Waals surface area contributed by atoms with Crippen molar-refractivity contribution in [1.29, 1.82) is 0 Å². The third-order valence-electron chi connectivity index (χ3n) is 2.11. The van der Waals surface area contributed by atoms with Gasteiger partial charge in [0, 0.05) is 0 Å². The van der Waals surface area contributed by atoms with E-state index in [0.29, 0.717) is 0 Å². The second-order valence-electron chi connectivity index (χ2n) is 2.86. The molecular weight excluding hydrogens is 148 g/mol. The molecule has 1 aliphatic heterocycles. The number of hydrogen-bond acceptors (Lipinski definition) is 1. The van der Waals surface area contributed by atoms with Gasteiger partial charge in [-0.25, -0.2) is 0 Å². The maximum Gasteiger partial charge on any atom is 0.118 e. The van der Waals surface area contributed by atoms with Crippen LogP contribution in [0.1, 0.15) is 39.5 Å². The number of hydrogen-bond donors (Lipinski definition) is 0. The molecule has 0 aromatic rings. The van der Waals surface area contributed by atoms with Crippen LogP contribution in [0.3, 0.4) is 0 Å². The average molecular weight is 166 g/mol. The Morgan fingerprint density at radius 1 is 1.25 bits per heavy atom. The second-order valence-corrected chi connectivity index (χ2v) is 2.86.